The number of carbonyl (C=O) groups is 1. The average Bonchev–Trinajstić information content (AvgIpc) is 2.86. The van der Waals surface area contributed by atoms with E-state index in [-0.39, 0.29) is 11.1 Å². The molecule has 0 atom stereocenters. The fourth-order valence-electron chi connectivity index (χ4n) is 2.31. The van der Waals surface area contributed by atoms with Crippen LogP contribution in [0.25, 0.3) is 16.8 Å². The number of fused-ring (bicyclic) bond motifs is 3. The Bertz CT molecular complexity index is 894. The fourth-order valence-corrected chi connectivity index (χ4v) is 2.31. The molecule has 1 aromatic carbocycles. The molecule has 0 fully saturated rings. The molecule has 0 bridgehead atoms. The van der Waals surface area contributed by atoms with Crippen molar-refractivity contribution >= 4 is 22.7 Å². The number of aromatic amines is 1. The third-order valence-corrected chi connectivity index (χ3v) is 3.44. The Morgan fingerprint density at radius 3 is 2.91 bits per heavy atom. The van der Waals surface area contributed by atoms with Crippen LogP contribution < -0.4 is 10.9 Å². The third kappa shape index (κ3) is 2.46. The molecule has 2 aromatic heterocycles. The predicted molar refractivity (Wildman–Crippen MR) is 84.2 cm³/mol. The lowest BCUT2D eigenvalue weighted by Crippen LogP contribution is -2.35. The molecule has 3 rings (SSSR count). The van der Waals surface area contributed by atoms with E-state index in [1.54, 1.807) is 0 Å². The number of imidazole rings is 1. The van der Waals surface area contributed by atoms with Crippen LogP contribution in [0.15, 0.2) is 35.3 Å². The molecule has 2 N–H and O–H groups in total. The second-order valence-corrected chi connectivity index (χ2v) is 5.34. The first-order valence-electron chi connectivity index (χ1n) is 6.99. The first-order valence-corrected chi connectivity index (χ1v) is 6.99. The molecule has 3 aromatic rings. The molecule has 0 aliphatic carbocycles. The number of amides is 1. The number of nitrogens with zero attached hydrogens (tertiary/aromatic N) is 3. The first-order chi connectivity index (χ1) is 10.6. The lowest BCUT2D eigenvalue weighted by Gasteiger charge is -2.10. The van der Waals surface area contributed by atoms with Crippen molar-refractivity contribution in [3.63, 3.8) is 0 Å². The summed E-state index contributed by atoms with van der Waals surface area (Å²) >= 11 is 0. The smallest absolute Gasteiger partial charge is 0.272 e. The second-order valence-electron chi connectivity index (χ2n) is 5.34. The molecule has 0 aliphatic heterocycles. The molecule has 0 aliphatic rings. The van der Waals surface area contributed by atoms with Crippen LogP contribution in [-0.4, -0.2) is 52.4 Å². The molecule has 7 heteroatoms. The summed E-state index contributed by atoms with van der Waals surface area (Å²) in [5.74, 6) is 0.0232. The minimum Gasteiger partial charge on any atom is -0.351 e. The number of para-hydroxylation sites is 2. The number of aromatic nitrogens is 3. The number of likely N-dealkylation sites (N-methyl/N-ethyl adjacent to an activating group) is 1. The summed E-state index contributed by atoms with van der Waals surface area (Å²) < 4.78 is 1.43. The van der Waals surface area contributed by atoms with Crippen molar-refractivity contribution in [1.82, 2.24) is 24.6 Å². The summed E-state index contributed by atoms with van der Waals surface area (Å²) in [5.41, 5.74) is 1.18. The summed E-state index contributed by atoms with van der Waals surface area (Å²) in [7, 11) is 3.83. The van der Waals surface area contributed by atoms with Crippen molar-refractivity contribution in [3.8, 4) is 0 Å². The highest BCUT2D eigenvalue weighted by Gasteiger charge is 2.15. The predicted octanol–water partition coefficient (Wildman–Crippen LogP) is 0.467. The van der Waals surface area contributed by atoms with E-state index in [9.17, 15) is 9.59 Å². The van der Waals surface area contributed by atoms with E-state index < -0.39 is 5.91 Å². The van der Waals surface area contributed by atoms with Gasteiger partial charge in [0.05, 0.1) is 11.0 Å². The summed E-state index contributed by atoms with van der Waals surface area (Å²) in [5, 5.41) is 2.73. The van der Waals surface area contributed by atoms with E-state index in [0.29, 0.717) is 24.4 Å². The SMILES string of the molecule is CN(C)CCNC(=O)c1cnc2[nH]c3ccccc3n2c1=O. The Balaban J connectivity index is 2.01. The van der Waals surface area contributed by atoms with Crippen LogP contribution in [0.2, 0.25) is 0 Å². The Labute approximate surface area is 126 Å². The molecule has 114 valence electrons. The van der Waals surface area contributed by atoms with E-state index in [4.69, 9.17) is 0 Å². The Kier molecular flexibility index (Phi) is 3.64. The summed E-state index contributed by atoms with van der Waals surface area (Å²) in [6.45, 7) is 1.18. The van der Waals surface area contributed by atoms with Gasteiger partial charge in [0.1, 0.15) is 5.56 Å². The van der Waals surface area contributed by atoms with Gasteiger partial charge in [0, 0.05) is 19.3 Å². The molecule has 0 spiro atoms. The van der Waals surface area contributed by atoms with Crippen molar-refractivity contribution in [2.75, 3.05) is 27.2 Å². The molecule has 0 radical (unpaired) electrons. The normalized spacial score (nSPS) is 11.4. The lowest BCUT2D eigenvalue weighted by atomic mass is 10.3. The highest BCUT2D eigenvalue weighted by Crippen LogP contribution is 2.12. The minimum absolute atomic E-state index is 0.0426. The Morgan fingerprint density at radius 2 is 2.14 bits per heavy atom. The molecule has 2 heterocycles. The second kappa shape index (κ2) is 5.61. The van der Waals surface area contributed by atoms with E-state index in [1.165, 1.54) is 10.6 Å². The summed E-state index contributed by atoms with van der Waals surface area (Å²) in [4.78, 5) is 33.9. The molecular formula is C15H17N5O2. The van der Waals surface area contributed by atoms with Crippen LogP contribution in [0.5, 0.6) is 0 Å². The van der Waals surface area contributed by atoms with Crippen molar-refractivity contribution in [2.45, 2.75) is 0 Å². The van der Waals surface area contributed by atoms with Gasteiger partial charge in [-0.3, -0.25) is 9.59 Å². The highest BCUT2D eigenvalue weighted by molar-refractivity contribution is 5.94. The standard InChI is InChI=1S/C15H17N5O2/c1-19(2)8-7-16-13(21)10-9-17-15-18-11-5-3-4-6-12(11)20(15)14(10)22/h3-6,9H,7-8H2,1-2H3,(H,16,21)(H,17,18). The largest absolute Gasteiger partial charge is 0.351 e. The van der Waals surface area contributed by atoms with Crippen molar-refractivity contribution in [1.29, 1.82) is 0 Å². The van der Waals surface area contributed by atoms with Gasteiger partial charge in [-0.15, -0.1) is 0 Å². The summed E-state index contributed by atoms with van der Waals surface area (Å²) in [6.07, 6.45) is 1.32. The maximum Gasteiger partial charge on any atom is 0.272 e. The van der Waals surface area contributed by atoms with Gasteiger partial charge in [-0.2, -0.15) is 0 Å². The van der Waals surface area contributed by atoms with Crippen molar-refractivity contribution in [3.05, 3.63) is 46.4 Å². The zero-order valence-electron chi connectivity index (χ0n) is 12.5. The average molecular weight is 299 g/mol. The van der Waals surface area contributed by atoms with Gasteiger partial charge in [0.25, 0.3) is 11.5 Å². The van der Waals surface area contributed by atoms with Gasteiger partial charge >= 0.3 is 0 Å². The molecule has 0 saturated carbocycles. The van der Waals surface area contributed by atoms with Crippen LogP contribution in [0, 0.1) is 0 Å². The minimum atomic E-state index is -0.404. The van der Waals surface area contributed by atoms with Crippen LogP contribution in [0.1, 0.15) is 10.4 Å². The maximum absolute atomic E-state index is 12.6. The van der Waals surface area contributed by atoms with Gasteiger partial charge in [-0.1, -0.05) is 12.1 Å². The number of hydrogen-bond acceptors (Lipinski definition) is 4. The van der Waals surface area contributed by atoms with Crippen molar-refractivity contribution in [2.24, 2.45) is 0 Å². The van der Waals surface area contributed by atoms with E-state index in [0.717, 1.165) is 5.52 Å². The Morgan fingerprint density at radius 1 is 1.36 bits per heavy atom. The Hall–Kier alpha value is -2.67. The zero-order valence-corrected chi connectivity index (χ0v) is 12.5. The topological polar surface area (TPSA) is 82.5 Å². The molecule has 0 saturated heterocycles. The van der Waals surface area contributed by atoms with Gasteiger partial charge in [0.15, 0.2) is 0 Å². The van der Waals surface area contributed by atoms with E-state index in [2.05, 4.69) is 15.3 Å². The fraction of sp³-hybridized carbons (Fsp3) is 0.267. The number of carbonyl (C=O) groups excluding carboxylic acids is 1. The van der Waals surface area contributed by atoms with E-state index in [1.807, 2.05) is 43.3 Å². The van der Waals surface area contributed by atoms with Crippen molar-refractivity contribution < 1.29 is 4.79 Å². The van der Waals surface area contributed by atoms with Crippen LogP contribution in [-0.2, 0) is 0 Å². The number of H-pyrrole nitrogens is 1. The molecule has 7 nitrogen and oxygen atoms in total. The van der Waals surface area contributed by atoms with Gasteiger partial charge in [0.2, 0.25) is 5.78 Å². The van der Waals surface area contributed by atoms with Crippen LogP contribution >= 0.6 is 0 Å². The molecule has 0 unspecified atom stereocenters. The van der Waals surface area contributed by atoms with Gasteiger partial charge < -0.3 is 15.2 Å². The van der Waals surface area contributed by atoms with Gasteiger partial charge in [-0.25, -0.2) is 9.38 Å². The van der Waals surface area contributed by atoms with Crippen LogP contribution in [0.4, 0.5) is 0 Å². The lowest BCUT2D eigenvalue weighted by molar-refractivity contribution is 0.0949. The monoisotopic (exact) mass is 299 g/mol. The molecule has 22 heavy (non-hydrogen) atoms. The number of nitrogens with one attached hydrogen (secondary N) is 2. The first kappa shape index (κ1) is 14.3. The van der Waals surface area contributed by atoms with Crippen LogP contribution in [0.3, 0.4) is 0 Å². The quantitative estimate of drug-likeness (QED) is 0.733. The third-order valence-electron chi connectivity index (χ3n) is 3.44. The summed E-state index contributed by atoms with van der Waals surface area (Å²) in [6, 6.07) is 7.39. The zero-order chi connectivity index (χ0) is 15.7. The maximum atomic E-state index is 12.6. The highest BCUT2D eigenvalue weighted by atomic mass is 16.2. The van der Waals surface area contributed by atoms with Gasteiger partial charge in [-0.05, 0) is 26.2 Å². The molecular weight excluding hydrogens is 282 g/mol. The number of benzene rings is 1. The number of rotatable bonds is 4. The van der Waals surface area contributed by atoms with E-state index >= 15 is 0 Å². The molecule has 1 amide bonds. The number of hydrogen-bond donors (Lipinski definition) is 2.